The maximum absolute atomic E-state index is 6.12. The van der Waals surface area contributed by atoms with Crippen LogP contribution in [0.15, 0.2) is 28.0 Å². The van der Waals surface area contributed by atoms with Crippen molar-refractivity contribution in [3.05, 3.63) is 28.6 Å². The van der Waals surface area contributed by atoms with Crippen LogP contribution >= 0.6 is 22.7 Å². The van der Waals surface area contributed by atoms with Gasteiger partial charge in [-0.2, -0.15) is 0 Å². The maximum atomic E-state index is 6.12. The van der Waals surface area contributed by atoms with Crippen LogP contribution in [0.1, 0.15) is 45.1 Å². The highest BCUT2D eigenvalue weighted by molar-refractivity contribution is 7.14. The standard InChI is InChI=1S/C22H28N6OS2/c1-4-7-15(5-2)29-19-10-16(14(3)11-25-19)20-26-17(12-30-20)18-13-31-22(27-18)28-21-23-8-6-9-24-21/h10-13,15H,4-9H2,1-3H3,(H2,23,24,27,28). The van der Waals surface area contributed by atoms with E-state index in [0.29, 0.717) is 5.88 Å². The van der Waals surface area contributed by atoms with E-state index in [-0.39, 0.29) is 6.10 Å². The van der Waals surface area contributed by atoms with E-state index in [1.54, 1.807) is 22.7 Å². The number of aliphatic imine (C=N–C) groups is 1. The minimum Gasteiger partial charge on any atom is -0.474 e. The fraction of sp³-hybridized carbons (Fsp3) is 0.455. The van der Waals surface area contributed by atoms with E-state index in [4.69, 9.17) is 9.72 Å². The lowest BCUT2D eigenvalue weighted by atomic mass is 10.1. The van der Waals surface area contributed by atoms with Crippen molar-refractivity contribution >= 4 is 33.8 Å². The van der Waals surface area contributed by atoms with Crippen molar-refractivity contribution in [2.75, 3.05) is 18.4 Å². The highest BCUT2D eigenvalue weighted by Gasteiger charge is 2.15. The maximum Gasteiger partial charge on any atom is 0.214 e. The van der Waals surface area contributed by atoms with Crippen molar-refractivity contribution in [2.45, 2.75) is 52.6 Å². The Balaban J connectivity index is 1.51. The number of nitrogens with one attached hydrogen (secondary N) is 2. The molecule has 0 aliphatic carbocycles. The third-order valence-electron chi connectivity index (χ3n) is 5.06. The Morgan fingerprint density at radius 3 is 2.81 bits per heavy atom. The summed E-state index contributed by atoms with van der Waals surface area (Å²) in [4.78, 5) is 18.5. The van der Waals surface area contributed by atoms with E-state index in [1.165, 1.54) is 0 Å². The zero-order valence-corrected chi connectivity index (χ0v) is 19.8. The van der Waals surface area contributed by atoms with Crippen LogP contribution in [0.5, 0.6) is 5.88 Å². The summed E-state index contributed by atoms with van der Waals surface area (Å²) in [5.41, 5.74) is 3.88. The number of hydrogen-bond donors (Lipinski definition) is 2. The van der Waals surface area contributed by atoms with Gasteiger partial charge in [0.1, 0.15) is 22.5 Å². The summed E-state index contributed by atoms with van der Waals surface area (Å²) >= 11 is 3.17. The number of thiazole rings is 2. The van der Waals surface area contributed by atoms with Crippen molar-refractivity contribution in [3.63, 3.8) is 0 Å². The number of anilines is 1. The molecule has 0 aromatic carbocycles. The van der Waals surface area contributed by atoms with E-state index in [1.807, 2.05) is 17.6 Å². The van der Waals surface area contributed by atoms with Crippen molar-refractivity contribution in [3.8, 4) is 27.8 Å². The molecule has 1 unspecified atom stereocenters. The number of rotatable bonds is 8. The molecule has 1 aliphatic heterocycles. The second-order valence-electron chi connectivity index (χ2n) is 7.49. The Labute approximate surface area is 191 Å². The van der Waals surface area contributed by atoms with E-state index >= 15 is 0 Å². The summed E-state index contributed by atoms with van der Waals surface area (Å²) in [5.74, 6) is 1.46. The summed E-state index contributed by atoms with van der Waals surface area (Å²) in [6.07, 6.45) is 6.24. The zero-order chi connectivity index (χ0) is 21.6. The molecule has 31 heavy (non-hydrogen) atoms. The van der Waals surface area contributed by atoms with Crippen LogP contribution in [0.3, 0.4) is 0 Å². The van der Waals surface area contributed by atoms with Crippen LogP contribution in [0, 0.1) is 6.92 Å². The summed E-state index contributed by atoms with van der Waals surface area (Å²) < 4.78 is 6.12. The molecule has 1 atom stereocenters. The van der Waals surface area contributed by atoms with Gasteiger partial charge in [-0.1, -0.05) is 20.3 Å². The van der Waals surface area contributed by atoms with Crippen LogP contribution < -0.4 is 15.4 Å². The number of ether oxygens (including phenoxy) is 1. The predicted molar refractivity (Wildman–Crippen MR) is 129 cm³/mol. The smallest absolute Gasteiger partial charge is 0.214 e. The summed E-state index contributed by atoms with van der Waals surface area (Å²) in [6.45, 7) is 8.16. The Morgan fingerprint density at radius 2 is 2.03 bits per heavy atom. The minimum atomic E-state index is 0.198. The quantitative estimate of drug-likeness (QED) is 0.475. The first-order valence-corrected chi connectivity index (χ1v) is 12.5. The zero-order valence-electron chi connectivity index (χ0n) is 18.1. The van der Waals surface area contributed by atoms with E-state index < -0.39 is 0 Å². The lowest BCUT2D eigenvalue weighted by Gasteiger charge is -2.16. The Hall–Kier alpha value is -2.52. The van der Waals surface area contributed by atoms with Crippen molar-refractivity contribution < 1.29 is 4.74 Å². The molecule has 0 amide bonds. The summed E-state index contributed by atoms with van der Waals surface area (Å²) in [6, 6.07) is 2.01. The van der Waals surface area contributed by atoms with Gasteiger partial charge in [0.15, 0.2) is 11.1 Å². The topological polar surface area (TPSA) is 84.3 Å². The lowest BCUT2D eigenvalue weighted by Crippen LogP contribution is -2.35. The molecule has 9 heteroatoms. The van der Waals surface area contributed by atoms with E-state index in [0.717, 1.165) is 77.4 Å². The Morgan fingerprint density at radius 1 is 1.19 bits per heavy atom. The average Bonchev–Trinajstić information content (AvgIpc) is 3.45. The molecule has 0 saturated heterocycles. The van der Waals surface area contributed by atoms with Gasteiger partial charge in [0.05, 0.1) is 0 Å². The largest absolute Gasteiger partial charge is 0.474 e. The van der Waals surface area contributed by atoms with Crippen molar-refractivity contribution in [1.82, 2.24) is 20.3 Å². The van der Waals surface area contributed by atoms with Crippen LogP contribution in [-0.4, -0.2) is 40.1 Å². The molecule has 0 bridgehead atoms. The number of aryl methyl sites for hydroxylation is 1. The molecule has 4 heterocycles. The van der Waals surface area contributed by atoms with Gasteiger partial charge in [-0.15, -0.1) is 22.7 Å². The van der Waals surface area contributed by atoms with E-state index in [2.05, 4.69) is 51.7 Å². The summed E-state index contributed by atoms with van der Waals surface area (Å²) in [5, 5.41) is 12.3. The van der Waals surface area contributed by atoms with Crippen LogP contribution in [0.4, 0.5) is 5.13 Å². The van der Waals surface area contributed by atoms with Crippen molar-refractivity contribution in [1.29, 1.82) is 0 Å². The predicted octanol–water partition coefficient (Wildman–Crippen LogP) is 5.36. The Kier molecular flexibility index (Phi) is 7.14. The second-order valence-corrected chi connectivity index (χ2v) is 9.20. The van der Waals surface area contributed by atoms with Gasteiger partial charge in [0, 0.05) is 41.7 Å². The molecule has 7 nitrogen and oxygen atoms in total. The molecule has 4 rings (SSSR count). The third kappa shape index (κ3) is 5.40. The molecule has 0 fully saturated rings. The molecule has 164 valence electrons. The second kappa shape index (κ2) is 10.2. The first-order valence-electron chi connectivity index (χ1n) is 10.8. The molecule has 0 saturated carbocycles. The SMILES string of the molecule is CCCC(CC)Oc1cc(-c2nc(-c3csc(NC4=NCCCN4)n3)cs2)c(C)cn1. The van der Waals surface area contributed by atoms with Crippen LogP contribution in [0.2, 0.25) is 0 Å². The highest BCUT2D eigenvalue weighted by Crippen LogP contribution is 2.33. The number of guanidine groups is 1. The van der Waals surface area contributed by atoms with Gasteiger partial charge in [-0.25, -0.2) is 15.0 Å². The average molecular weight is 457 g/mol. The Bertz CT molecular complexity index is 1040. The number of hydrogen-bond acceptors (Lipinski definition) is 9. The van der Waals surface area contributed by atoms with Gasteiger partial charge in [-0.3, -0.25) is 4.99 Å². The first-order chi connectivity index (χ1) is 15.2. The molecule has 3 aromatic rings. The van der Waals surface area contributed by atoms with Gasteiger partial charge < -0.3 is 15.4 Å². The first kappa shape index (κ1) is 21.7. The fourth-order valence-corrected chi connectivity index (χ4v) is 4.92. The van der Waals surface area contributed by atoms with Gasteiger partial charge in [0.2, 0.25) is 5.88 Å². The number of aromatic nitrogens is 3. The molecular formula is C22H28N6OS2. The van der Waals surface area contributed by atoms with E-state index in [9.17, 15) is 0 Å². The molecule has 0 radical (unpaired) electrons. The molecular weight excluding hydrogens is 428 g/mol. The third-order valence-corrected chi connectivity index (χ3v) is 6.69. The van der Waals surface area contributed by atoms with Crippen molar-refractivity contribution in [2.24, 2.45) is 4.99 Å². The monoisotopic (exact) mass is 456 g/mol. The summed E-state index contributed by atoms with van der Waals surface area (Å²) in [7, 11) is 0. The minimum absolute atomic E-state index is 0.198. The van der Waals surface area contributed by atoms with Gasteiger partial charge >= 0.3 is 0 Å². The number of nitrogens with zero attached hydrogens (tertiary/aromatic N) is 4. The molecule has 1 aliphatic rings. The van der Waals surface area contributed by atoms with Gasteiger partial charge in [0.25, 0.3) is 0 Å². The van der Waals surface area contributed by atoms with Crippen LogP contribution in [0.25, 0.3) is 22.0 Å². The lowest BCUT2D eigenvalue weighted by molar-refractivity contribution is 0.178. The molecule has 3 aromatic heterocycles. The highest BCUT2D eigenvalue weighted by atomic mass is 32.1. The van der Waals surface area contributed by atoms with Gasteiger partial charge in [-0.05, 0) is 31.7 Å². The fourth-order valence-electron chi connectivity index (χ4n) is 3.32. The number of pyridine rings is 1. The normalized spacial score (nSPS) is 14.6. The van der Waals surface area contributed by atoms with Crippen LogP contribution in [-0.2, 0) is 0 Å². The molecule has 0 spiro atoms. The molecule has 2 N–H and O–H groups in total.